The number of nitrogens with one attached hydrogen (secondary N) is 1. The van der Waals surface area contributed by atoms with Crippen molar-refractivity contribution in [3.8, 4) is 0 Å². The Morgan fingerprint density at radius 2 is 1.79 bits per heavy atom. The van der Waals surface area contributed by atoms with Gasteiger partial charge in [0.15, 0.2) is 0 Å². The molecule has 0 aromatic heterocycles. The van der Waals surface area contributed by atoms with Gasteiger partial charge >= 0.3 is 0 Å². The second-order valence-electron chi connectivity index (χ2n) is 4.41. The highest BCUT2D eigenvalue weighted by atomic mass is 15.2. The van der Waals surface area contributed by atoms with Crippen LogP contribution < -0.4 is 5.32 Å². The van der Waals surface area contributed by atoms with Crippen LogP contribution in [0.15, 0.2) is 0 Å². The molecule has 0 unspecified atom stereocenters. The standard InChI is InChI=1S/C11H25N3/c1-4-14(10-9-13(2)3)11-5-7-12-8-6-11/h11-12H,4-10H2,1-3H3. The molecule has 1 saturated heterocycles. The molecule has 0 aromatic rings. The SMILES string of the molecule is CCN(CCN(C)C)C1CCNCC1. The first-order chi connectivity index (χ1) is 6.74. The van der Waals surface area contributed by atoms with Crippen LogP contribution in [0.3, 0.4) is 0 Å². The zero-order valence-corrected chi connectivity index (χ0v) is 9.92. The smallest absolute Gasteiger partial charge is 0.0120 e. The van der Waals surface area contributed by atoms with Gasteiger partial charge in [-0.1, -0.05) is 6.92 Å². The summed E-state index contributed by atoms with van der Waals surface area (Å²) in [4.78, 5) is 4.89. The number of hydrogen-bond acceptors (Lipinski definition) is 3. The molecule has 0 aromatic carbocycles. The third kappa shape index (κ3) is 3.95. The molecule has 84 valence electrons. The molecule has 1 heterocycles. The fourth-order valence-electron chi connectivity index (χ4n) is 2.10. The van der Waals surface area contributed by atoms with Crippen LogP contribution in [0.1, 0.15) is 19.8 Å². The average molecular weight is 199 g/mol. The van der Waals surface area contributed by atoms with Crippen molar-refractivity contribution in [2.45, 2.75) is 25.8 Å². The molecule has 1 N–H and O–H groups in total. The summed E-state index contributed by atoms with van der Waals surface area (Å²) in [6, 6.07) is 0.821. The Bertz CT molecular complexity index is 141. The van der Waals surface area contributed by atoms with E-state index in [0.717, 1.165) is 6.04 Å². The molecule has 1 rings (SSSR count). The third-order valence-electron chi connectivity index (χ3n) is 3.07. The van der Waals surface area contributed by atoms with Crippen molar-refractivity contribution in [1.82, 2.24) is 15.1 Å². The lowest BCUT2D eigenvalue weighted by molar-refractivity contribution is 0.156. The maximum absolute atomic E-state index is 3.42. The van der Waals surface area contributed by atoms with Crippen molar-refractivity contribution in [3.05, 3.63) is 0 Å². The Morgan fingerprint density at radius 1 is 1.14 bits per heavy atom. The van der Waals surface area contributed by atoms with Crippen molar-refractivity contribution in [2.75, 3.05) is 46.8 Å². The minimum atomic E-state index is 0.821. The summed E-state index contributed by atoms with van der Waals surface area (Å²) in [5, 5.41) is 3.42. The van der Waals surface area contributed by atoms with E-state index >= 15 is 0 Å². The van der Waals surface area contributed by atoms with E-state index in [9.17, 15) is 0 Å². The van der Waals surface area contributed by atoms with Crippen molar-refractivity contribution in [2.24, 2.45) is 0 Å². The molecular formula is C11H25N3. The van der Waals surface area contributed by atoms with Crippen LogP contribution in [0, 0.1) is 0 Å². The summed E-state index contributed by atoms with van der Waals surface area (Å²) in [7, 11) is 4.30. The van der Waals surface area contributed by atoms with Crippen LogP contribution in [-0.2, 0) is 0 Å². The van der Waals surface area contributed by atoms with Crippen molar-refractivity contribution in [3.63, 3.8) is 0 Å². The maximum Gasteiger partial charge on any atom is 0.0120 e. The van der Waals surface area contributed by atoms with Crippen LogP contribution in [0.4, 0.5) is 0 Å². The zero-order chi connectivity index (χ0) is 10.4. The molecule has 0 radical (unpaired) electrons. The quantitative estimate of drug-likeness (QED) is 0.700. The number of hydrogen-bond donors (Lipinski definition) is 1. The minimum absolute atomic E-state index is 0.821. The summed E-state index contributed by atoms with van der Waals surface area (Å²) < 4.78 is 0. The molecule has 0 bridgehead atoms. The predicted molar refractivity (Wildman–Crippen MR) is 61.7 cm³/mol. The first-order valence-corrected chi connectivity index (χ1v) is 5.83. The molecule has 3 nitrogen and oxygen atoms in total. The topological polar surface area (TPSA) is 18.5 Å². The predicted octanol–water partition coefficient (Wildman–Crippen LogP) is 0.622. The Labute approximate surface area is 88.5 Å². The molecule has 0 aliphatic carbocycles. The van der Waals surface area contributed by atoms with E-state index < -0.39 is 0 Å². The van der Waals surface area contributed by atoms with Gasteiger partial charge in [0.1, 0.15) is 0 Å². The lowest BCUT2D eigenvalue weighted by Crippen LogP contribution is -2.45. The lowest BCUT2D eigenvalue weighted by Gasteiger charge is -2.34. The Balaban J connectivity index is 2.28. The fraction of sp³-hybridized carbons (Fsp3) is 1.00. The third-order valence-corrected chi connectivity index (χ3v) is 3.07. The van der Waals surface area contributed by atoms with Gasteiger partial charge in [-0.25, -0.2) is 0 Å². The van der Waals surface area contributed by atoms with Gasteiger partial charge < -0.3 is 10.2 Å². The van der Waals surface area contributed by atoms with E-state index in [-0.39, 0.29) is 0 Å². The molecular weight excluding hydrogens is 174 g/mol. The first kappa shape index (κ1) is 12.0. The van der Waals surface area contributed by atoms with E-state index in [4.69, 9.17) is 0 Å². The lowest BCUT2D eigenvalue weighted by atomic mass is 10.0. The Kier molecular flexibility index (Phi) is 5.45. The van der Waals surface area contributed by atoms with Crippen molar-refractivity contribution >= 4 is 0 Å². The van der Waals surface area contributed by atoms with Crippen molar-refractivity contribution in [1.29, 1.82) is 0 Å². The van der Waals surface area contributed by atoms with Gasteiger partial charge in [-0.2, -0.15) is 0 Å². The number of nitrogens with zero attached hydrogens (tertiary/aromatic N) is 2. The zero-order valence-electron chi connectivity index (χ0n) is 9.92. The van der Waals surface area contributed by atoms with Crippen LogP contribution in [-0.4, -0.2) is 62.7 Å². The molecule has 0 atom stereocenters. The average Bonchev–Trinajstić information content (AvgIpc) is 2.20. The molecule has 0 spiro atoms. The second kappa shape index (κ2) is 6.38. The van der Waals surface area contributed by atoms with Gasteiger partial charge in [-0.3, -0.25) is 4.90 Å². The summed E-state index contributed by atoms with van der Waals surface area (Å²) >= 11 is 0. The van der Waals surface area contributed by atoms with E-state index in [1.807, 2.05) is 0 Å². The molecule has 1 aliphatic rings. The summed E-state index contributed by atoms with van der Waals surface area (Å²) in [5.74, 6) is 0. The van der Waals surface area contributed by atoms with Gasteiger partial charge in [-0.15, -0.1) is 0 Å². The second-order valence-corrected chi connectivity index (χ2v) is 4.41. The largest absolute Gasteiger partial charge is 0.317 e. The molecule has 0 saturated carbocycles. The number of piperidine rings is 1. The van der Waals surface area contributed by atoms with Gasteiger partial charge in [-0.05, 0) is 46.6 Å². The minimum Gasteiger partial charge on any atom is -0.317 e. The van der Waals surface area contributed by atoms with Gasteiger partial charge in [0, 0.05) is 19.1 Å². The fourth-order valence-corrected chi connectivity index (χ4v) is 2.10. The van der Waals surface area contributed by atoms with E-state index in [1.165, 1.54) is 45.6 Å². The van der Waals surface area contributed by atoms with E-state index in [2.05, 4.69) is 36.1 Å². The number of rotatable bonds is 5. The van der Waals surface area contributed by atoms with Gasteiger partial charge in [0.25, 0.3) is 0 Å². The van der Waals surface area contributed by atoms with Crippen LogP contribution in [0.5, 0.6) is 0 Å². The molecule has 1 aliphatic heterocycles. The summed E-state index contributed by atoms with van der Waals surface area (Å²) in [6.45, 7) is 8.26. The maximum atomic E-state index is 3.42. The van der Waals surface area contributed by atoms with Crippen LogP contribution in [0.2, 0.25) is 0 Å². The molecule has 0 amide bonds. The normalized spacial score (nSPS) is 19.5. The molecule has 1 fully saturated rings. The first-order valence-electron chi connectivity index (χ1n) is 5.83. The van der Waals surface area contributed by atoms with E-state index in [0.29, 0.717) is 0 Å². The molecule has 14 heavy (non-hydrogen) atoms. The van der Waals surface area contributed by atoms with Gasteiger partial charge in [0.2, 0.25) is 0 Å². The highest BCUT2D eigenvalue weighted by Crippen LogP contribution is 2.10. The van der Waals surface area contributed by atoms with Crippen LogP contribution >= 0.6 is 0 Å². The highest BCUT2D eigenvalue weighted by molar-refractivity contribution is 4.77. The van der Waals surface area contributed by atoms with Crippen molar-refractivity contribution < 1.29 is 0 Å². The number of likely N-dealkylation sites (N-methyl/N-ethyl adjacent to an activating group) is 2. The summed E-state index contributed by atoms with van der Waals surface area (Å²) in [6.07, 6.45) is 2.64. The summed E-state index contributed by atoms with van der Waals surface area (Å²) in [5.41, 5.74) is 0. The Hall–Kier alpha value is -0.120. The van der Waals surface area contributed by atoms with Gasteiger partial charge in [0.05, 0.1) is 0 Å². The highest BCUT2D eigenvalue weighted by Gasteiger charge is 2.18. The molecule has 3 heteroatoms. The van der Waals surface area contributed by atoms with E-state index in [1.54, 1.807) is 0 Å². The van der Waals surface area contributed by atoms with Crippen LogP contribution in [0.25, 0.3) is 0 Å². The Morgan fingerprint density at radius 3 is 2.29 bits per heavy atom. The monoisotopic (exact) mass is 199 g/mol.